The summed E-state index contributed by atoms with van der Waals surface area (Å²) >= 11 is 1.58. The van der Waals surface area contributed by atoms with Gasteiger partial charge in [0.05, 0.1) is 0 Å². The van der Waals surface area contributed by atoms with Crippen molar-refractivity contribution in [2.75, 3.05) is 0 Å². The van der Waals surface area contributed by atoms with E-state index in [1.165, 1.54) is 0 Å². The van der Waals surface area contributed by atoms with Gasteiger partial charge in [-0.3, -0.25) is 0 Å². The van der Waals surface area contributed by atoms with Gasteiger partial charge in [-0.1, -0.05) is 0 Å². The highest BCUT2D eigenvalue weighted by Crippen LogP contribution is 2.28. The fourth-order valence-corrected chi connectivity index (χ4v) is 2.21. The first-order valence-corrected chi connectivity index (χ1v) is 5.40. The zero-order valence-electron chi connectivity index (χ0n) is 8.15. The summed E-state index contributed by atoms with van der Waals surface area (Å²) < 4.78 is 5.38. The maximum Gasteiger partial charge on any atom is 0.108 e. The van der Waals surface area contributed by atoms with E-state index in [-0.39, 0.29) is 0 Å². The van der Waals surface area contributed by atoms with Gasteiger partial charge < -0.3 is 9.52 Å². The van der Waals surface area contributed by atoms with Crippen LogP contribution in [-0.2, 0) is 0 Å². The van der Waals surface area contributed by atoms with Crippen molar-refractivity contribution in [3.63, 3.8) is 0 Å². The fourth-order valence-electron chi connectivity index (χ4n) is 1.53. The predicted molar refractivity (Wildman–Crippen MR) is 56.6 cm³/mol. The van der Waals surface area contributed by atoms with Crippen molar-refractivity contribution in [3.8, 4) is 0 Å². The number of hydrogen-bond acceptors (Lipinski definition) is 3. The third kappa shape index (κ3) is 1.61. The largest absolute Gasteiger partial charge is 0.466 e. The Bertz CT molecular complexity index is 414. The Morgan fingerprint density at radius 3 is 2.71 bits per heavy atom. The second kappa shape index (κ2) is 3.59. The van der Waals surface area contributed by atoms with Crippen LogP contribution in [-0.4, -0.2) is 5.11 Å². The van der Waals surface area contributed by atoms with Gasteiger partial charge in [-0.05, 0) is 42.3 Å². The fraction of sp³-hybridized carbons (Fsp3) is 0.273. The van der Waals surface area contributed by atoms with Crippen molar-refractivity contribution < 1.29 is 9.52 Å². The van der Waals surface area contributed by atoms with Crippen LogP contribution in [0.5, 0.6) is 0 Å². The number of furan rings is 1. The van der Waals surface area contributed by atoms with Crippen LogP contribution in [0.4, 0.5) is 0 Å². The second-order valence-electron chi connectivity index (χ2n) is 3.33. The molecule has 0 saturated heterocycles. The Hall–Kier alpha value is -1.06. The molecule has 0 amide bonds. The highest BCUT2D eigenvalue weighted by atomic mass is 32.1. The predicted octanol–water partition coefficient (Wildman–Crippen LogP) is 3.04. The second-order valence-corrected chi connectivity index (χ2v) is 4.11. The maximum absolute atomic E-state index is 10.0. The average Bonchev–Trinajstić information content (AvgIpc) is 2.73. The molecule has 2 rings (SSSR count). The molecule has 1 N–H and O–H groups in total. The van der Waals surface area contributed by atoms with Crippen LogP contribution in [0.15, 0.2) is 27.3 Å². The molecule has 0 radical (unpaired) electrons. The lowest BCUT2D eigenvalue weighted by molar-refractivity contribution is 0.218. The van der Waals surface area contributed by atoms with Crippen molar-refractivity contribution in [1.29, 1.82) is 0 Å². The molecule has 3 heteroatoms. The van der Waals surface area contributed by atoms with Crippen LogP contribution >= 0.6 is 11.3 Å². The Kier molecular flexibility index (Phi) is 2.44. The number of aliphatic hydroxyl groups is 1. The van der Waals surface area contributed by atoms with Crippen molar-refractivity contribution in [1.82, 2.24) is 0 Å². The van der Waals surface area contributed by atoms with Crippen LogP contribution < -0.4 is 0 Å². The summed E-state index contributed by atoms with van der Waals surface area (Å²) in [4.78, 5) is 0. The van der Waals surface area contributed by atoms with Gasteiger partial charge >= 0.3 is 0 Å². The van der Waals surface area contributed by atoms with Gasteiger partial charge in [-0.2, -0.15) is 11.3 Å². The molecule has 2 aromatic heterocycles. The van der Waals surface area contributed by atoms with E-state index in [1.807, 2.05) is 36.7 Å². The lowest BCUT2D eigenvalue weighted by Gasteiger charge is -2.06. The molecule has 0 fully saturated rings. The lowest BCUT2D eigenvalue weighted by Crippen LogP contribution is -1.97. The molecule has 0 saturated carbocycles. The molecule has 0 spiro atoms. The minimum absolute atomic E-state index is 0.557. The van der Waals surface area contributed by atoms with E-state index in [1.54, 1.807) is 11.3 Å². The van der Waals surface area contributed by atoms with Crippen LogP contribution in [0.3, 0.4) is 0 Å². The molecule has 0 aromatic carbocycles. The van der Waals surface area contributed by atoms with Gasteiger partial charge in [0, 0.05) is 5.56 Å². The number of hydrogen-bond donors (Lipinski definition) is 1. The summed E-state index contributed by atoms with van der Waals surface area (Å²) in [5.41, 5.74) is 1.79. The van der Waals surface area contributed by atoms with Gasteiger partial charge in [0.2, 0.25) is 0 Å². The molecule has 74 valence electrons. The first-order chi connectivity index (χ1) is 6.68. The number of thiophene rings is 1. The highest BCUT2D eigenvalue weighted by Gasteiger charge is 2.16. The standard InChI is InChI=1S/C11H12O2S/c1-7-5-10(8(2)13-7)11(12)9-3-4-14-6-9/h3-6,11-12H,1-2H3. The van der Waals surface area contributed by atoms with Crippen molar-refractivity contribution in [3.05, 3.63) is 45.5 Å². The molecular formula is C11H12O2S. The van der Waals surface area contributed by atoms with Crippen LogP contribution in [0, 0.1) is 13.8 Å². The Balaban J connectivity index is 2.36. The van der Waals surface area contributed by atoms with E-state index in [2.05, 4.69) is 0 Å². The molecule has 1 atom stereocenters. The van der Waals surface area contributed by atoms with Crippen molar-refractivity contribution in [2.45, 2.75) is 20.0 Å². The molecule has 0 aliphatic rings. The van der Waals surface area contributed by atoms with Gasteiger partial charge in [0.1, 0.15) is 17.6 Å². The summed E-state index contributed by atoms with van der Waals surface area (Å²) in [6.07, 6.45) is -0.557. The van der Waals surface area contributed by atoms with E-state index in [0.29, 0.717) is 0 Å². The molecule has 0 bridgehead atoms. The van der Waals surface area contributed by atoms with Crippen LogP contribution in [0.2, 0.25) is 0 Å². The summed E-state index contributed by atoms with van der Waals surface area (Å²) in [5, 5.41) is 13.9. The monoisotopic (exact) mass is 208 g/mol. The quantitative estimate of drug-likeness (QED) is 0.823. The van der Waals surface area contributed by atoms with E-state index in [4.69, 9.17) is 4.42 Å². The maximum atomic E-state index is 10.0. The Morgan fingerprint density at radius 1 is 1.43 bits per heavy atom. The number of rotatable bonds is 2. The van der Waals surface area contributed by atoms with Crippen LogP contribution in [0.25, 0.3) is 0 Å². The zero-order chi connectivity index (χ0) is 10.1. The van der Waals surface area contributed by atoms with Gasteiger partial charge in [0.15, 0.2) is 0 Å². The highest BCUT2D eigenvalue weighted by molar-refractivity contribution is 7.07. The third-order valence-corrected chi connectivity index (χ3v) is 2.93. The molecule has 2 aromatic rings. The zero-order valence-corrected chi connectivity index (χ0v) is 8.97. The normalized spacial score (nSPS) is 13.1. The minimum Gasteiger partial charge on any atom is -0.466 e. The molecule has 2 heterocycles. The SMILES string of the molecule is Cc1cc(C(O)c2ccsc2)c(C)o1. The summed E-state index contributed by atoms with van der Waals surface area (Å²) in [5.74, 6) is 1.63. The summed E-state index contributed by atoms with van der Waals surface area (Å²) in [6, 6.07) is 3.81. The smallest absolute Gasteiger partial charge is 0.108 e. The summed E-state index contributed by atoms with van der Waals surface area (Å²) in [7, 11) is 0. The average molecular weight is 208 g/mol. The van der Waals surface area contributed by atoms with Gasteiger partial charge in [-0.25, -0.2) is 0 Å². The molecule has 0 aliphatic heterocycles. The Morgan fingerprint density at radius 2 is 2.21 bits per heavy atom. The van der Waals surface area contributed by atoms with Gasteiger partial charge in [0.25, 0.3) is 0 Å². The first kappa shape index (κ1) is 9.49. The molecule has 1 unspecified atom stereocenters. The van der Waals surface area contributed by atoms with E-state index in [0.717, 1.165) is 22.6 Å². The lowest BCUT2D eigenvalue weighted by atomic mass is 10.1. The first-order valence-electron chi connectivity index (χ1n) is 4.45. The third-order valence-electron chi connectivity index (χ3n) is 2.23. The summed E-state index contributed by atoms with van der Waals surface area (Å²) in [6.45, 7) is 3.76. The molecule has 0 aliphatic carbocycles. The molecule has 2 nitrogen and oxygen atoms in total. The number of aryl methyl sites for hydroxylation is 2. The Labute approximate surface area is 86.8 Å². The van der Waals surface area contributed by atoms with E-state index in [9.17, 15) is 5.11 Å². The minimum atomic E-state index is -0.557. The molecular weight excluding hydrogens is 196 g/mol. The molecule has 14 heavy (non-hydrogen) atoms. The van der Waals surface area contributed by atoms with E-state index < -0.39 is 6.10 Å². The topological polar surface area (TPSA) is 33.4 Å². The van der Waals surface area contributed by atoms with Crippen molar-refractivity contribution >= 4 is 11.3 Å². The van der Waals surface area contributed by atoms with Gasteiger partial charge in [-0.15, -0.1) is 0 Å². The van der Waals surface area contributed by atoms with Crippen molar-refractivity contribution in [2.24, 2.45) is 0 Å². The van der Waals surface area contributed by atoms with Crippen LogP contribution in [0.1, 0.15) is 28.8 Å². The van der Waals surface area contributed by atoms with E-state index >= 15 is 0 Å². The number of aliphatic hydroxyl groups excluding tert-OH is 1.